The zero-order valence-corrected chi connectivity index (χ0v) is 26.2. The first kappa shape index (κ1) is 28.5. The summed E-state index contributed by atoms with van der Waals surface area (Å²) in [4.78, 5) is 49.9. The fourth-order valence-corrected chi connectivity index (χ4v) is 8.24. The van der Waals surface area contributed by atoms with E-state index in [2.05, 4.69) is 21.6 Å². The van der Waals surface area contributed by atoms with Crippen molar-refractivity contribution in [3.8, 4) is 11.3 Å². The van der Waals surface area contributed by atoms with Crippen molar-refractivity contribution in [2.75, 3.05) is 37.8 Å². The number of carbonyl (C=O) groups excluding carboxylic acids is 2. The van der Waals surface area contributed by atoms with Crippen LogP contribution in [0.25, 0.3) is 11.3 Å². The second-order valence-electron chi connectivity index (χ2n) is 12.4. The van der Waals surface area contributed by atoms with Crippen LogP contribution in [0.15, 0.2) is 59.5 Å². The van der Waals surface area contributed by atoms with Crippen LogP contribution in [-0.4, -0.2) is 58.4 Å². The smallest absolute Gasteiger partial charge is 0.293 e. The second kappa shape index (κ2) is 11.0. The first-order valence-electron chi connectivity index (χ1n) is 15.1. The first-order valence-corrected chi connectivity index (χ1v) is 15.9. The first-order chi connectivity index (χ1) is 21.2. The molecule has 1 aliphatic heterocycles. The summed E-state index contributed by atoms with van der Waals surface area (Å²) in [5.41, 5.74) is 5.75. The number of carbonyl (C=O) groups is 2. The molecule has 7 rings (SSSR count). The third-order valence-electron chi connectivity index (χ3n) is 9.52. The number of nitrogens with zero attached hydrogens (tertiary/aromatic N) is 4. The monoisotopic (exact) mass is 608 g/mol. The molecular weight excluding hydrogens is 572 g/mol. The molecule has 226 valence electrons. The predicted molar refractivity (Wildman–Crippen MR) is 174 cm³/mol. The van der Waals surface area contributed by atoms with Gasteiger partial charge in [-0.25, -0.2) is 4.98 Å². The lowest BCUT2D eigenvalue weighted by molar-refractivity contribution is -0.139. The Balaban J connectivity index is 1.12. The van der Waals surface area contributed by atoms with Gasteiger partial charge >= 0.3 is 0 Å². The van der Waals surface area contributed by atoms with E-state index in [4.69, 9.17) is 4.98 Å². The molecule has 0 unspecified atom stereocenters. The molecule has 44 heavy (non-hydrogen) atoms. The second-order valence-corrected chi connectivity index (χ2v) is 13.4. The number of fused-ring (bicyclic) bond motifs is 5. The van der Waals surface area contributed by atoms with Crippen LogP contribution in [0.1, 0.15) is 68.4 Å². The molecule has 10 heteroatoms. The lowest BCUT2D eigenvalue weighted by Gasteiger charge is -2.37. The van der Waals surface area contributed by atoms with E-state index in [0.717, 1.165) is 33.8 Å². The molecule has 2 aromatic carbocycles. The van der Waals surface area contributed by atoms with E-state index < -0.39 is 0 Å². The molecule has 9 nitrogen and oxygen atoms in total. The average molecular weight is 609 g/mol. The van der Waals surface area contributed by atoms with Gasteiger partial charge in [-0.1, -0.05) is 24.3 Å². The summed E-state index contributed by atoms with van der Waals surface area (Å²) >= 11 is 1.64. The highest BCUT2D eigenvalue weighted by Gasteiger charge is 2.39. The summed E-state index contributed by atoms with van der Waals surface area (Å²) in [7, 11) is 5.49. The van der Waals surface area contributed by atoms with E-state index in [1.165, 1.54) is 34.3 Å². The number of thiophene rings is 1. The fourth-order valence-electron chi connectivity index (χ4n) is 6.95. The Morgan fingerprint density at radius 2 is 1.77 bits per heavy atom. The molecule has 0 radical (unpaired) electrons. The highest BCUT2D eigenvalue weighted by molar-refractivity contribution is 7.14. The fraction of sp³-hybridized carbons (Fsp3) is 0.353. The minimum absolute atomic E-state index is 0.0717. The third kappa shape index (κ3) is 4.92. The van der Waals surface area contributed by atoms with Gasteiger partial charge in [-0.05, 0) is 86.0 Å². The molecule has 2 bridgehead atoms. The van der Waals surface area contributed by atoms with Crippen molar-refractivity contribution in [3.63, 3.8) is 0 Å². The van der Waals surface area contributed by atoms with Crippen LogP contribution in [0.5, 0.6) is 0 Å². The number of anilines is 3. The van der Waals surface area contributed by atoms with Crippen molar-refractivity contribution in [3.05, 3.63) is 91.5 Å². The number of benzene rings is 2. The summed E-state index contributed by atoms with van der Waals surface area (Å²) in [5, 5.41) is 6.31. The predicted octanol–water partition coefficient (Wildman–Crippen LogP) is 5.62. The number of hydrogen-bond acceptors (Lipinski definition) is 7. The minimum Gasteiger partial charge on any atom is -0.343 e. The number of nitrogens with one attached hydrogen (secondary N) is 2. The van der Waals surface area contributed by atoms with Gasteiger partial charge in [0.15, 0.2) is 5.82 Å². The Hall–Kier alpha value is -4.28. The molecule has 2 aromatic heterocycles. The summed E-state index contributed by atoms with van der Waals surface area (Å²) in [6.45, 7) is 3.47. The Bertz CT molecular complexity index is 1820. The van der Waals surface area contributed by atoms with Gasteiger partial charge in [-0.2, -0.15) is 0 Å². The van der Waals surface area contributed by atoms with Gasteiger partial charge in [0.2, 0.25) is 5.91 Å². The molecule has 3 aliphatic rings. The average Bonchev–Trinajstić information content (AvgIpc) is 3.74. The summed E-state index contributed by atoms with van der Waals surface area (Å²) in [6.07, 6.45) is 5.44. The highest BCUT2D eigenvalue weighted by atomic mass is 32.1. The highest BCUT2D eigenvalue weighted by Crippen LogP contribution is 2.56. The summed E-state index contributed by atoms with van der Waals surface area (Å²) in [5.74, 6) is 1.44. The van der Waals surface area contributed by atoms with Crippen molar-refractivity contribution >= 4 is 40.3 Å². The van der Waals surface area contributed by atoms with Crippen LogP contribution < -0.4 is 16.2 Å². The van der Waals surface area contributed by atoms with E-state index in [-0.39, 0.29) is 29.2 Å². The van der Waals surface area contributed by atoms with Crippen molar-refractivity contribution < 1.29 is 9.59 Å². The standard InChI is InChI=1S/C34H36N6O3S/c1-19-24(6-5-7-26(19)37-32(41)28-17-25-21-8-9-22(16-21)30(25)44-28)27-18-40(4)34(43)31(36-27)35-23-12-10-20(11-13-23)29-33(42)39(3)15-14-38(29)2/h5-7,10-13,17-18,21-22,29H,8-9,14-16H2,1-4H3,(H,35,36)(H,37,41)/t21-,22+,29+/m0/s1. The van der Waals surface area contributed by atoms with Gasteiger partial charge in [0.05, 0.1) is 10.6 Å². The van der Waals surface area contributed by atoms with Crippen LogP contribution in [0.3, 0.4) is 0 Å². The summed E-state index contributed by atoms with van der Waals surface area (Å²) in [6, 6.07) is 15.1. The number of aromatic nitrogens is 2. The molecule has 0 spiro atoms. The van der Waals surface area contributed by atoms with Crippen LogP contribution in [0.4, 0.5) is 17.2 Å². The summed E-state index contributed by atoms with van der Waals surface area (Å²) < 4.78 is 1.51. The molecular formula is C34H36N6O3S. The van der Waals surface area contributed by atoms with Crippen LogP contribution in [-0.2, 0) is 11.8 Å². The van der Waals surface area contributed by atoms with Crippen molar-refractivity contribution in [2.45, 2.75) is 44.1 Å². The zero-order valence-electron chi connectivity index (χ0n) is 25.4. The number of aryl methyl sites for hydroxylation is 1. The van der Waals surface area contributed by atoms with Gasteiger partial charge in [0.25, 0.3) is 11.5 Å². The molecule has 4 aromatic rings. The Morgan fingerprint density at radius 1 is 1.00 bits per heavy atom. The maximum Gasteiger partial charge on any atom is 0.293 e. The van der Waals surface area contributed by atoms with E-state index in [0.29, 0.717) is 29.8 Å². The Morgan fingerprint density at radius 3 is 2.55 bits per heavy atom. The molecule has 1 saturated heterocycles. The lowest BCUT2D eigenvalue weighted by Crippen LogP contribution is -2.48. The molecule has 3 atom stereocenters. The minimum atomic E-state index is -0.330. The largest absolute Gasteiger partial charge is 0.343 e. The molecule has 2 aliphatic carbocycles. The van der Waals surface area contributed by atoms with Gasteiger partial charge in [0, 0.05) is 55.2 Å². The van der Waals surface area contributed by atoms with E-state index in [9.17, 15) is 14.4 Å². The lowest BCUT2D eigenvalue weighted by atomic mass is 9.99. The molecule has 1 saturated carbocycles. The number of hydrogen-bond donors (Lipinski definition) is 2. The van der Waals surface area contributed by atoms with Gasteiger partial charge < -0.3 is 20.1 Å². The number of piperazine rings is 1. The SMILES string of the molecule is Cc1c(NC(=O)c2cc3c(s2)[C@@H]2CC[C@H]3C2)cccc1-c1cn(C)c(=O)c(Nc2ccc([C@@H]3C(=O)N(C)CCN3C)cc2)n1. The van der Waals surface area contributed by atoms with E-state index >= 15 is 0 Å². The number of likely N-dealkylation sites (N-methyl/N-ethyl adjacent to an activating group) is 2. The normalized spacial score (nSPS) is 21.0. The van der Waals surface area contributed by atoms with Gasteiger partial charge in [-0.3, -0.25) is 19.3 Å². The molecule has 2 amide bonds. The van der Waals surface area contributed by atoms with Crippen molar-refractivity contribution in [1.82, 2.24) is 19.4 Å². The topological polar surface area (TPSA) is 99.6 Å². The van der Waals surface area contributed by atoms with Crippen LogP contribution in [0.2, 0.25) is 0 Å². The van der Waals surface area contributed by atoms with Crippen molar-refractivity contribution in [2.24, 2.45) is 7.05 Å². The number of amides is 2. The van der Waals surface area contributed by atoms with Crippen LogP contribution in [0, 0.1) is 6.92 Å². The van der Waals surface area contributed by atoms with E-state index in [1.54, 1.807) is 29.5 Å². The molecule has 3 heterocycles. The Kier molecular flexibility index (Phi) is 7.13. The van der Waals surface area contributed by atoms with Crippen molar-refractivity contribution in [1.29, 1.82) is 0 Å². The van der Waals surface area contributed by atoms with E-state index in [1.807, 2.05) is 63.5 Å². The van der Waals surface area contributed by atoms with Gasteiger partial charge in [0.1, 0.15) is 6.04 Å². The van der Waals surface area contributed by atoms with Crippen LogP contribution >= 0.6 is 11.3 Å². The molecule has 2 N–H and O–H groups in total. The maximum atomic E-state index is 13.3. The maximum absolute atomic E-state index is 13.3. The third-order valence-corrected chi connectivity index (χ3v) is 10.8. The quantitative estimate of drug-likeness (QED) is 0.295. The molecule has 2 fully saturated rings. The van der Waals surface area contributed by atoms with Gasteiger partial charge in [-0.15, -0.1) is 11.3 Å². The Labute approximate surface area is 260 Å². The zero-order chi connectivity index (χ0) is 30.7. The number of rotatable bonds is 6.